The molecule has 0 aliphatic rings. The molecule has 0 saturated heterocycles. The van der Waals surface area contributed by atoms with Crippen LogP contribution in [-0.4, -0.2) is 35.0 Å². The van der Waals surface area contributed by atoms with Crippen molar-refractivity contribution in [1.29, 1.82) is 0 Å². The van der Waals surface area contributed by atoms with Crippen molar-refractivity contribution < 1.29 is 9.90 Å². The number of hydrogen-bond donors (Lipinski definition) is 1. The number of para-hydroxylation sites is 1. The van der Waals surface area contributed by atoms with Crippen LogP contribution in [0.1, 0.15) is 21.7 Å². The van der Waals surface area contributed by atoms with Gasteiger partial charge in [-0.05, 0) is 31.2 Å². The van der Waals surface area contributed by atoms with Gasteiger partial charge in [-0.15, -0.1) is 0 Å². The van der Waals surface area contributed by atoms with E-state index in [4.69, 9.17) is 4.98 Å². The minimum absolute atomic E-state index is 0.217. The Labute approximate surface area is 165 Å². The highest BCUT2D eigenvalue weighted by atomic mass is 16.4. The van der Waals surface area contributed by atoms with Gasteiger partial charge in [-0.25, -0.2) is 9.78 Å². The van der Waals surface area contributed by atoms with Crippen LogP contribution in [0, 0.1) is 6.92 Å². The standard InChI is InChI=1S/C22H17N5O2/c1-14-21(25-20-11-16(22(28)29)6-9-26(14)20)19-10-15-4-2-3-5-18(15)27(19)13-17-12-23-7-8-24-17/h2-12H,13H2,1H3,(H,28,29). The molecule has 0 aliphatic carbocycles. The minimum Gasteiger partial charge on any atom is -0.478 e. The largest absolute Gasteiger partial charge is 0.478 e. The Morgan fingerprint density at radius 2 is 2.00 bits per heavy atom. The highest BCUT2D eigenvalue weighted by Crippen LogP contribution is 2.31. The van der Waals surface area contributed by atoms with Gasteiger partial charge >= 0.3 is 5.97 Å². The molecule has 0 spiro atoms. The Morgan fingerprint density at radius 3 is 2.79 bits per heavy atom. The van der Waals surface area contributed by atoms with Crippen molar-refractivity contribution in [1.82, 2.24) is 23.9 Å². The zero-order valence-corrected chi connectivity index (χ0v) is 15.6. The zero-order chi connectivity index (χ0) is 20.0. The lowest BCUT2D eigenvalue weighted by Crippen LogP contribution is -2.04. The summed E-state index contributed by atoms with van der Waals surface area (Å²) >= 11 is 0. The zero-order valence-electron chi connectivity index (χ0n) is 15.6. The number of carboxylic acids is 1. The third kappa shape index (κ3) is 2.84. The van der Waals surface area contributed by atoms with Crippen LogP contribution in [0.2, 0.25) is 0 Å². The first kappa shape index (κ1) is 17.1. The van der Waals surface area contributed by atoms with E-state index in [9.17, 15) is 9.90 Å². The summed E-state index contributed by atoms with van der Waals surface area (Å²) in [5, 5.41) is 10.4. The van der Waals surface area contributed by atoms with Gasteiger partial charge in [0.15, 0.2) is 0 Å². The molecule has 4 aromatic heterocycles. The van der Waals surface area contributed by atoms with E-state index in [1.54, 1.807) is 36.9 Å². The van der Waals surface area contributed by atoms with Crippen molar-refractivity contribution in [3.63, 3.8) is 0 Å². The third-order valence-corrected chi connectivity index (χ3v) is 5.10. The van der Waals surface area contributed by atoms with E-state index in [0.717, 1.165) is 33.7 Å². The number of hydrogen-bond acceptors (Lipinski definition) is 4. The normalized spacial score (nSPS) is 11.3. The van der Waals surface area contributed by atoms with E-state index in [1.807, 2.05) is 23.5 Å². The molecule has 1 N–H and O–H groups in total. The number of benzene rings is 1. The van der Waals surface area contributed by atoms with Crippen LogP contribution in [0.5, 0.6) is 0 Å². The second kappa shape index (κ2) is 6.56. The van der Waals surface area contributed by atoms with Gasteiger partial charge in [0.05, 0.1) is 29.7 Å². The lowest BCUT2D eigenvalue weighted by Gasteiger charge is -2.09. The Balaban J connectivity index is 1.73. The molecule has 0 saturated carbocycles. The van der Waals surface area contributed by atoms with Crippen molar-refractivity contribution >= 4 is 22.5 Å². The van der Waals surface area contributed by atoms with E-state index >= 15 is 0 Å². The lowest BCUT2D eigenvalue weighted by atomic mass is 10.2. The number of aromatic nitrogens is 5. The third-order valence-electron chi connectivity index (χ3n) is 5.10. The second-order valence-electron chi connectivity index (χ2n) is 6.87. The van der Waals surface area contributed by atoms with Crippen molar-refractivity contribution in [2.24, 2.45) is 0 Å². The smallest absolute Gasteiger partial charge is 0.335 e. The van der Waals surface area contributed by atoms with Crippen LogP contribution in [-0.2, 0) is 6.54 Å². The maximum absolute atomic E-state index is 11.3. The number of aromatic carboxylic acids is 1. The molecule has 0 fully saturated rings. The first-order valence-electron chi connectivity index (χ1n) is 9.17. The Kier molecular flexibility index (Phi) is 3.87. The predicted molar refractivity (Wildman–Crippen MR) is 109 cm³/mol. The highest BCUT2D eigenvalue weighted by molar-refractivity contribution is 5.90. The number of carboxylic acid groups (broad SMARTS) is 1. The van der Waals surface area contributed by atoms with Gasteiger partial charge in [0.25, 0.3) is 0 Å². The monoisotopic (exact) mass is 383 g/mol. The topological polar surface area (TPSA) is 85.3 Å². The van der Waals surface area contributed by atoms with Crippen molar-refractivity contribution in [2.45, 2.75) is 13.5 Å². The van der Waals surface area contributed by atoms with Gasteiger partial charge in [-0.3, -0.25) is 9.97 Å². The minimum atomic E-state index is -0.966. The fraction of sp³-hybridized carbons (Fsp3) is 0.0909. The van der Waals surface area contributed by atoms with Crippen molar-refractivity contribution in [3.05, 3.63) is 84.2 Å². The Hall–Kier alpha value is -4.00. The average molecular weight is 383 g/mol. The Bertz CT molecular complexity index is 1370. The molecule has 0 bridgehead atoms. The number of pyridine rings is 1. The average Bonchev–Trinajstić information content (AvgIpc) is 3.26. The summed E-state index contributed by atoms with van der Waals surface area (Å²) in [6.07, 6.45) is 6.85. The molecular formula is C22H17N5O2. The second-order valence-corrected chi connectivity index (χ2v) is 6.87. The molecule has 1 aromatic carbocycles. The summed E-state index contributed by atoms with van der Waals surface area (Å²) < 4.78 is 4.08. The van der Waals surface area contributed by atoms with Crippen LogP contribution >= 0.6 is 0 Å². The van der Waals surface area contributed by atoms with E-state index in [1.165, 1.54) is 0 Å². The molecule has 29 heavy (non-hydrogen) atoms. The molecule has 5 aromatic rings. The number of nitrogens with zero attached hydrogens (tertiary/aromatic N) is 5. The number of aryl methyl sites for hydroxylation is 1. The summed E-state index contributed by atoms with van der Waals surface area (Å²) in [6.45, 7) is 2.55. The summed E-state index contributed by atoms with van der Waals surface area (Å²) in [5.41, 5.74) is 5.46. The molecule has 0 unspecified atom stereocenters. The van der Waals surface area contributed by atoms with Gasteiger partial charge in [-0.2, -0.15) is 0 Å². The Morgan fingerprint density at radius 1 is 1.14 bits per heavy atom. The van der Waals surface area contributed by atoms with E-state index in [2.05, 4.69) is 32.7 Å². The number of carbonyl (C=O) groups is 1. The van der Waals surface area contributed by atoms with Crippen LogP contribution in [0.15, 0.2) is 67.3 Å². The van der Waals surface area contributed by atoms with Gasteiger partial charge in [0.1, 0.15) is 11.3 Å². The predicted octanol–water partition coefficient (Wildman–Crippen LogP) is 3.80. The van der Waals surface area contributed by atoms with E-state index < -0.39 is 5.97 Å². The summed E-state index contributed by atoms with van der Waals surface area (Å²) in [4.78, 5) is 24.7. The highest BCUT2D eigenvalue weighted by Gasteiger charge is 2.18. The summed E-state index contributed by atoms with van der Waals surface area (Å²) in [6, 6.07) is 13.4. The van der Waals surface area contributed by atoms with Gasteiger partial charge in [0, 0.05) is 35.2 Å². The number of fused-ring (bicyclic) bond motifs is 2. The first-order chi connectivity index (χ1) is 14.1. The molecule has 5 rings (SSSR count). The summed E-state index contributed by atoms with van der Waals surface area (Å²) in [5.74, 6) is -0.966. The van der Waals surface area contributed by atoms with Crippen molar-refractivity contribution in [3.8, 4) is 11.4 Å². The molecule has 0 radical (unpaired) electrons. The quantitative estimate of drug-likeness (QED) is 0.510. The van der Waals surface area contributed by atoms with Crippen molar-refractivity contribution in [2.75, 3.05) is 0 Å². The molecule has 142 valence electrons. The molecule has 7 heteroatoms. The van der Waals surface area contributed by atoms with Crippen LogP contribution in [0.4, 0.5) is 0 Å². The molecule has 7 nitrogen and oxygen atoms in total. The first-order valence-corrected chi connectivity index (χ1v) is 9.17. The van der Waals surface area contributed by atoms with Gasteiger partial charge in [0.2, 0.25) is 0 Å². The van der Waals surface area contributed by atoms with Gasteiger partial charge in [-0.1, -0.05) is 18.2 Å². The fourth-order valence-electron chi connectivity index (χ4n) is 3.69. The fourth-order valence-corrected chi connectivity index (χ4v) is 3.69. The van der Waals surface area contributed by atoms with Gasteiger partial charge < -0.3 is 14.1 Å². The molecule has 0 aliphatic heterocycles. The SMILES string of the molecule is Cc1c(-c2cc3ccccc3n2Cc2cnccn2)nc2cc(C(=O)O)ccn12. The van der Waals surface area contributed by atoms with Crippen LogP contribution in [0.3, 0.4) is 0 Å². The molecule has 4 heterocycles. The molecule has 0 amide bonds. The number of rotatable bonds is 4. The van der Waals surface area contributed by atoms with E-state index in [0.29, 0.717) is 12.2 Å². The maximum Gasteiger partial charge on any atom is 0.335 e. The lowest BCUT2D eigenvalue weighted by molar-refractivity contribution is 0.0697. The van der Waals surface area contributed by atoms with Crippen LogP contribution in [0.25, 0.3) is 27.9 Å². The number of imidazole rings is 1. The van der Waals surface area contributed by atoms with E-state index in [-0.39, 0.29) is 5.56 Å². The molecular weight excluding hydrogens is 366 g/mol. The maximum atomic E-state index is 11.3. The summed E-state index contributed by atoms with van der Waals surface area (Å²) in [7, 11) is 0. The van der Waals surface area contributed by atoms with Crippen LogP contribution < -0.4 is 0 Å². The molecule has 0 atom stereocenters.